The van der Waals surface area contributed by atoms with E-state index in [0.29, 0.717) is 11.3 Å². The minimum Gasteiger partial charge on any atom is -0.480 e. The number of hydrogen-bond donors (Lipinski definition) is 1. The van der Waals surface area contributed by atoms with Gasteiger partial charge in [-0.1, -0.05) is 0 Å². The third-order valence-corrected chi connectivity index (χ3v) is 3.79. The third-order valence-electron chi connectivity index (χ3n) is 2.57. The minimum absolute atomic E-state index is 0.142. The van der Waals surface area contributed by atoms with E-state index in [4.69, 9.17) is 5.11 Å². The van der Waals surface area contributed by atoms with Crippen LogP contribution in [0.3, 0.4) is 0 Å². The van der Waals surface area contributed by atoms with Crippen molar-refractivity contribution < 1.29 is 14.7 Å². The summed E-state index contributed by atoms with van der Waals surface area (Å²) in [5, 5.41) is 16.1. The molecule has 2 heterocycles. The Bertz CT molecular complexity index is 440. The molecule has 1 saturated heterocycles. The maximum Gasteiger partial charge on any atom is 0.327 e. The van der Waals surface area contributed by atoms with E-state index in [1.807, 2.05) is 6.92 Å². The lowest BCUT2D eigenvalue weighted by Gasteiger charge is -2.24. The van der Waals surface area contributed by atoms with Crippen LogP contribution in [0, 0.1) is 0 Å². The Kier molecular flexibility index (Phi) is 3.28. The molecule has 1 aromatic rings. The van der Waals surface area contributed by atoms with Gasteiger partial charge >= 0.3 is 5.97 Å². The molecule has 1 aliphatic heterocycles. The summed E-state index contributed by atoms with van der Waals surface area (Å²) < 4.78 is 0. The second-order valence-corrected chi connectivity index (χ2v) is 4.98. The fourth-order valence-electron chi connectivity index (χ4n) is 1.71. The predicted molar refractivity (Wildman–Crippen MR) is 61.5 cm³/mol. The maximum absolute atomic E-state index is 12.2. The van der Waals surface area contributed by atoms with Crippen LogP contribution >= 0.6 is 11.8 Å². The van der Waals surface area contributed by atoms with Crippen LogP contribution < -0.4 is 0 Å². The first-order valence-electron chi connectivity index (χ1n) is 5.05. The van der Waals surface area contributed by atoms with Gasteiger partial charge in [0.1, 0.15) is 6.04 Å². The fraction of sp³-hybridized carbons (Fsp3) is 0.400. The molecule has 0 spiro atoms. The highest BCUT2D eigenvalue weighted by atomic mass is 32.2. The van der Waals surface area contributed by atoms with Gasteiger partial charge in [-0.05, 0) is 13.0 Å². The predicted octanol–water partition coefficient (Wildman–Crippen LogP) is 0.465. The Morgan fingerprint density at radius 3 is 2.88 bits per heavy atom. The van der Waals surface area contributed by atoms with Crippen LogP contribution in [0.15, 0.2) is 18.5 Å². The van der Waals surface area contributed by atoms with Crippen LogP contribution in [0.2, 0.25) is 0 Å². The van der Waals surface area contributed by atoms with E-state index in [1.54, 1.807) is 0 Å². The number of carbonyl (C=O) groups excluding carboxylic acids is 1. The van der Waals surface area contributed by atoms with E-state index in [1.165, 1.54) is 35.1 Å². The number of hydrogen-bond acceptors (Lipinski definition) is 5. The first-order valence-corrected chi connectivity index (χ1v) is 6.10. The zero-order chi connectivity index (χ0) is 12.4. The van der Waals surface area contributed by atoms with Crippen LogP contribution in [-0.2, 0) is 4.79 Å². The van der Waals surface area contributed by atoms with Crippen molar-refractivity contribution in [3.05, 3.63) is 24.0 Å². The second kappa shape index (κ2) is 4.70. The second-order valence-electron chi connectivity index (χ2n) is 3.63. The number of aliphatic carboxylic acids is 1. The number of amides is 1. The van der Waals surface area contributed by atoms with Gasteiger partial charge in [0.15, 0.2) is 0 Å². The van der Waals surface area contributed by atoms with Gasteiger partial charge in [0, 0.05) is 5.75 Å². The lowest BCUT2D eigenvalue weighted by atomic mass is 10.2. The van der Waals surface area contributed by atoms with Gasteiger partial charge in [-0.3, -0.25) is 4.79 Å². The number of carboxylic acid groups (broad SMARTS) is 1. The molecule has 1 aliphatic rings. The Morgan fingerprint density at radius 1 is 1.53 bits per heavy atom. The molecule has 1 aromatic heterocycles. The SMILES string of the molecule is CC1SCC(C(=O)O)N1C(=O)c1ccnnc1. The molecule has 17 heavy (non-hydrogen) atoms. The van der Waals surface area contributed by atoms with E-state index >= 15 is 0 Å². The minimum atomic E-state index is -0.975. The van der Waals surface area contributed by atoms with Gasteiger partial charge in [-0.15, -0.1) is 11.8 Å². The Labute approximate surface area is 102 Å². The Hall–Kier alpha value is -1.63. The lowest BCUT2D eigenvalue weighted by Crippen LogP contribution is -2.44. The first-order chi connectivity index (χ1) is 8.11. The van der Waals surface area contributed by atoms with Gasteiger partial charge in [-0.25, -0.2) is 4.79 Å². The summed E-state index contributed by atoms with van der Waals surface area (Å²) in [5.41, 5.74) is 0.362. The standard InChI is InChI=1S/C10H11N3O3S/c1-6-13(8(5-17-6)10(15)16)9(14)7-2-3-11-12-4-7/h2-4,6,8H,5H2,1H3,(H,15,16). The summed E-state index contributed by atoms with van der Waals surface area (Å²) in [4.78, 5) is 24.6. The van der Waals surface area contributed by atoms with Crippen molar-refractivity contribution in [1.29, 1.82) is 0 Å². The molecule has 6 nitrogen and oxygen atoms in total. The molecule has 2 rings (SSSR count). The average molecular weight is 253 g/mol. The number of aromatic nitrogens is 2. The number of thioether (sulfide) groups is 1. The van der Waals surface area contributed by atoms with Crippen LogP contribution in [0.1, 0.15) is 17.3 Å². The highest BCUT2D eigenvalue weighted by molar-refractivity contribution is 8.00. The molecule has 90 valence electrons. The van der Waals surface area contributed by atoms with E-state index < -0.39 is 12.0 Å². The van der Waals surface area contributed by atoms with Crippen molar-refractivity contribution in [3.63, 3.8) is 0 Å². The molecular formula is C10H11N3O3S. The summed E-state index contributed by atoms with van der Waals surface area (Å²) >= 11 is 1.45. The van der Waals surface area contributed by atoms with Gasteiger partial charge in [0.2, 0.25) is 0 Å². The zero-order valence-corrected chi connectivity index (χ0v) is 9.92. The van der Waals surface area contributed by atoms with Gasteiger partial charge in [0.05, 0.1) is 23.3 Å². The molecule has 2 atom stereocenters. The van der Waals surface area contributed by atoms with Crippen LogP contribution in [-0.4, -0.2) is 49.2 Å². The van der Waals surface area contributed by atoms with Crippen molar-refractivity contribution >= 4 is 23.6 Å². The monoisotopic (exact) mass is 253 g/mol. The molecule has 0 saturated carbocycles. The van der Waals surface area contributed by atoms with Crippen molar-refractivity contribution in [2.75, 3.05) is 5.75 Å². The zero-order valence-electron chi connectivity index (χ0n) is 9.11. The van der Waals surface area contributed by atoms with E-state index in [-0.39, 0.29) is 11.3 Å². The summed E-state index contributed by atoms with van der Waals surface area (Å²) in [6, 6.07) is 0.764. The maximum atomic E-state index is 12.2. The summed E-state index contributed by atoms with van der Waals surface area (Å²) in [6.07, 6.45) is 2.76. The topological polar surface area (TPSA) is 83.4 Å². The summed E-state index contributed by atoms with van der Waals surface area (Å²) in [6.45, 7) is 1.82. The summed E-state index contributed by atoms with van der Waals surface area (Å²) in [7, 11) is 0. The number of carbonyl (C=O) groups is 2. The largest absolute Gasteiger partial charge is 0.480 e. The molecule has 0 radical (unpaired) electrons. The molecule has 0 aromatic carbocycles. The number of carboxylic acids is 1. The lowest BCUT2D eigenvalue weighted by molar-refractivity contribution is -0.141. The van der Waals surface area contributed by atoms with Crippen molar-refractivity contribution in [2.24, 2.45) is 0 Å². The van der Waals surface area contributed by atoms with Gasteiger partial charge < -0.3 is 10.0 Å². The Morgan fingerprint density at radius 2 is 2.29 bits per heavy atom. The quantitative estimate of drug-likeness (QED) is 0.824. The molecule has 1 amide bonds. The molecule has 2 unspecified atom stereocenters. The van der Waals surface area contributed by atoms with Crippen LogP contribution in [0.5, 0.6) is 0 Å². The molecule has 0 bridgehead atoms. The third kappa shape index (κ3) is 2.23. The fourth-order valence-corrected chi connectivity index (χ4v) is 2.87. The normalized spacial score (nSPS) is 23.7. The number of rotatable bonds is 2. The highest BCUT2D eigenvalue weighted by Gasteiger charge is 2.39. The average Bonchev–Trinajstić information content (AvgIpc) is 2.71. The Balaban J connectivity index is 2.26. The van der Waals surface area contributed by atoms with E-state index in [9.17, 15) is 9.59 Å². The van der Waals surface area contributed by atoms with Crippen molar-refractivity contribution in [1.82, 2.24) is 15.1 Å². The highest BCUT2D eigenvalue weighted by Crippen LogP contribution is 2.30. The number of nitrogens with zero attached hydrogens (tertiary/aromatic N) is 3. The molecular weight excluding hydrogens is 242 g/mol. The van der Waals surface area contributed by atoms with Crippen LogP contribution in [0.4, 0.5) is 0 Å². The van der Waals surface area contributed by atoms with Crippen molar-refractivity contribution in [3.8, 4) is 0 Å². The molecule has 1 N–H and O–H groups in total. The van der Waals surface area contributed by atoms with E-state index in [2.05, 4.69) is 10.2 Å². The van der Waals surface area contributed by atoms with Crippen LogP contribution in [0.25, 0.3) is 0 Å². The smallest absolute Gasteiger partial charge is 0.327 e. The molecule has 7 heteroatoms. The van der Waals surface area contributed by atoms with Crippen molar-refractivity contribution in [2.45, 2.75) is 18.3 Å². The van der Waals surface area contributed by atoms with Gasteiger partial charge in [-0.2, -0.15) is 10.2 Å². The molecule has 0 aliphatic carbocycles. The van der Waals surface area contributed by atoms with Gasteiger partial charge in [0.25, 0.3) is 5.91 Å². The molecule has 1 fully saturated rings. The van der Waals surface area contributed by atoms with E-state index in [0.717, 1.165) is 0 Å². The first kappa shape index (κ1) is 11.8. The summed E-state index contributed by atoms with van der Waals surface area (Å²) in [5.74, 6) is -0.872.